The first-order chi connectivity index (χ1) is 7.52. The summed E-state index contributed by atoms with van der Waals surface area (Å²) in [6.07, 6.45) is 3.63. The first-order valence-electron chi connectivity index (χ1n) is 5.29. The third kappa shape index (κ3) is 2.16. The van der Waals surface area contributed by atoms with Gasteiger partial charge in [-0.15, -0.1) is 0 Å². The van der Waals surface area contributed by atoms with Crippen molar-refractivity contribution in [2.24, 2.45) is 5.92 Å². The Morgan fingerprint density at radius 3 is 2.88 bits per heavy atom. The van der Waals surface area contributed by atoms with Crippen molar-refractivity contribution in [3.63, 3.8) is 0 Å². The van der Waals surface area contributed by atoms with Gasteiger partial charge in [0.2, 0.25) is 0 Å². The normalized spacial score (nSPS) is 23.4. The van der Waals surface area contributed by atoms with Gasteiger partial charge in [-0.2, -0.15) is 5.10 Å². The minimum Gasteiger partial charge on any atom is -0.294 e. The molecule has 0 saturated carbocycles. The molecule has 0 amide bonds. The summed E-state index contributed by atoms with van der Waals surface area (Å²) in [6.45, 7) is 2.64. The van der Waals surface area contributed by atoms with Crippen LogP contribution in [0, 0.1) is 5.92 Å². The van der Waals surface area contributed by atoms with Crippen LogP contribution in [0.3, 0.4) is 0 Å². The first-order valence-corrected chi connectivity index (χ1v) is 7.11. The highest BCUT2D eigenvalue weighted by Crippen LogP contribution is 2.22. The summed E-state index contributed by atoms with van der Waals surface area (Å²) < 4.78 is 24.2. The number of ketones is 1. The van der Waals surface area contributed by atoms with Crippen LogP contribution in [0.2, 0.25) is 0 Å². The molecule has 2 rings (SSSR count). The quantitative estimate of drug-likeness (QED) is 0.725. The van der Waals surface area contributed by atoms with Crippen molar-refractivity contribution in [2.75, 3.05) is 11.5 Å². The highest BCUT2D eigenvalue weighted by Gasteiger charge is 2.33. The van der Waals surface area contributed by atoms with E-state index in [4.69, 9.17) is 0 Å². The SMILES string of the molecule is CCn1cc(C(=O)C2CCS(=O)(=O)C2)cn1. The van der Waals surface area contributed by atoms with Crippen LogP contribution in [0.1, 0.15) is 23.7 Å². The van der Waals surface area contributed by atoms with Crippen LogP contribution in [0.25, 0.3) is 0 Å². The maximum absolute atomic E-state index is 11.9. The van der Waals surface area contributed by atoms with Gasteiger partial charge in [0.25, 0.3) is 0 Å². The van der Waals surface area contributed by atoms with E-state index in [-0.39, 0.29) is 23.2 Å². The first kappa shape index (κ1) is 11.3. The molecule has 88 valence electrons. The summed E-state index contributed by atoms with van der Waals surface area (Å²) in [5.41, 5.74) is 0.518. The third-order valence-corrected chi connectivity index (χ3v) is 4.61. The summed E-state index contributed by atoms with van der Waals surface area (Å²) in [5.74, 6) is -0.352. The maximum Gasteiger partial charge on any atom is 0.170 e. The van der Waals surface area contributed by atoms with Crippen LogP contribution in [0.4, 0.5) is 0 Å². The molecule has 5 nitrogen and oxygen atoms in total. The number of hydrogen-bond acceptors (Lipinski definition) is 4. The van der Waals surface area contributed by atoms with Gasteiger partial charge in [0.15, 0.2) is 15.6 Å². The van der Waals surface area contributed by atoms with Crippen LogP contribution in [-0.2, 0) is 16.4 Å². The Morgan fingerprint density at radius 1 is 1.62 bits per heavy atom. The zero-order valence-corrected chi connectivity index (χ0v) is 9.90. The van der Waals surface area contributed by atoms with Crippen molar-refractivity contribution in [1.82, 2.24) is 9.78 Å². The van der Waals surface area contributed by atoms with Crippen molar-refractivity contribution in [1.29, 1.82) is 0 Å². The lowest BCUT2D eigenvalue weighted by Crippen LogP contribution is -2.15. The van der Waals surface area contributed by atoms with Gasteiger partial charge in [0, 0.05) is 18.7 Å². The van der Waals surface area contributed by atoms with E-state index < -0.39 is 9.84 Å². The number of aromatic nitrogens is 2. The van der Waals surface area contributed by atoms with Crippen LogP contribution < -0.4 is 0 Å². The second kappa shape index (κ2) is 4.01. The predicted molar refractivity (Wildman–Crippen MR) is 59.0 cm³/mol. The minimum atomic E-state index is -3.00. The molecule has 1 aliphatic heterocycles. The average molecular weight is 242 g/mol. The molecule has 16 heavy (non-hydrogen) atoms. The van der Waals surface area contributed by atoms with Crippen molar-refractivity contribution in [3.05, 3.63) is 18.0 Å². The van der Waals surface area contributed by atoms with Crippen LogP contribution in [-0.4, -0.2) is 35.5 Å². The highest BCUT2D eigenvalue weighted by atomic mass is 32.2. The smallest absolute Gasteiger partial charge is 0.170 e. The van der Waals surface area contributed by atoms with E-state index in [9.17, 15) is 13.2 Å². The number of rotatable bonds is 3. The summed E-state index contributed by atoms with van der Waals surface area (Å²) in [6, 6.07) is 0. The third-order valence-electron chi connectivity index (χ3n) is 2.84. The van der Waals surface area contributed by atoms with Gasteiger partial charge in [0.05, 0.1) is 23.3 Å². The lowest BCUT2D eigenvalue weighted by Gasteiger charge is -2.03. The molecule has 1 saturated heterocycles. The maximum atomic E-state index is 11.9. The van der Waals surface area contributed by atoms with Crippen molar-refractivity contribution in [2.45, 2.75) is 19.9 Å². The largest absolute Gasteiger partial charge is 0.294 e. The van der Waals surface area contributed by atoms with Crippen LogP contribution >= 0.6 is 0 Å². The number of hydrogen-bond donors (Lipinski definition) is 0. The summed E-state index contributed by atoms with van der Waals surface area (Å²) in [4.78, 5) is 11.9. The Labute approximate surface area is 94.4 Å². The zero-order valence-electron chi connectivity index (χ0n) is 9.09. The number of aryl methyl sites for hydroxylation is 1. The molecular weight excluding hydrogens is 228 g/mol. The van der Waals surface area contributed by atoms with Gasteiger partial charge in [-0.1, -0.05) is 0 Å². The molecule has 0 N–H and O–H groups in total. The summed E-state index contributed by atoms with van der Waals surface area (Å²) >= 11 is 0. The van der Waals surface area contributed by atoms with Gasteiger partial charge in [-0.25, -0.2) is 8.42 Å². The molecule has 0 aromatic carbocycles. The summed E-state index contributed by atoms with van der Waals surface area (Å²) in [7, 11) is -3.00. The molecule has 1 atom stereocenters. The number of nitrogens with zero attached hydrogens (tertiary/aromatic N) is 2. The molecule has 0 bridgehead atoms. The molecule has 1 aliphatic rings. The number of carbonyl (C=O) groups excluding carboxylic acids is 1. The highest BCUT2D eigenvalue weighted by molar-refractivity contribution is 7.91. The topological polar surface area (TPSA) is 69.0 Å². The van der Waals surface area contributed by atoms with Gasteiger partial charge in [-0.3, -0.25) is 9.48 Å². The van der Waals surface area contributed by atoms with E-state index in [1.54, 1.807) is 10.9 Å². The predicted octanol–water partition coefficient (Wildman–Crippen LogP) is 0.520. The van der Waals surface area contributed by atoms with Gasteiger partial charge in [0.1, 0.15) is 0 Å². The fourth-order valence-electron chi connectivity index (χ4n) is 1.90. The average Bonchev–Trinajstić information content (AvgIpc) is 2.83. The molecule has 1 unspecified atom stereocenters. The Morgan fingerprint density at radius 2 is 2.38 bits per heavy atom. The molecule has 0 radical (unpaired) electrons. The number of sulfone groups is 1. The van der Waals surface area contributed by atoms with Crippen LogP contribution in [0.15, 0.2) is 12.4 Å². The van der Waals surface area contributed by atoms with Gasteiger partial charge >= 0.3 is 0 Å². The molecule has 1 fully saturated rings. The summed E-state index contributed by atoms with van der Waals surface area (Å²) in [5, 5.41) is 4.01. The van der Waals surface area contributed by atoms with E-state index in [1.807, 2.05) is 6.92 Å². The van der Waals surface area contributed by atoms with Crippen molar-refractivity contribution in [3.8, 4) is 0 Å². The number of carbonyl (C=O) groups is 1. The van der Waals surface area contributed by atoms with E-state index >= 15 is 0 Å². The van der Waals surface area contributed by atoms with E-state index in [0.29, 0.717) is 18.5 Å². The Bertz CT molecular complexity index is 504. The molecule has 0 spiro atoms. The molecule has 1 aromatic rings. The number of Topliss-reactive ketones (excluding diaryl/α,β-unsaturated/α-hetero) is 1. The molecule has 0 aliphatic carbocycles. The monoisotopic (exact) mass is 242 g/mol. The molecule has 6 heteroatoms. The minimum absolute atomic E-state index is 0.0108. The van der Waals surface area contributed by atoms with Crippen molar-refractivity contribution < 1.29 is 13.2 Å². The Balaban J connectivity index is 2.14. The van der Waals surface area contributed by atoms with E-state index in [2.05, 4.69) is 5.10 Å². The zero-order chi connectivity index (χ0) is 11.8. The molecule has 2 heterocycles. The van der Waals surface area contributed by atoms with E-state index in [0.717, 1.165) is 0 Å². The fraction of sp³-hybridized carbons (Fsp3) is 0.600. The van der Waals surface area contributed by atoms with Gasteiger partial charge in [-0.05, 0) is 13.3 Å². The lowest BCUT2D eigenvalue weighted by molar-refractivity contribution is 0.0933. The van der Waals surface area contributed by atoms with Gasteiger partial charge < -0.3 is 0 Å². The molecule has 1 aromatic heterocycles. The second-order valence-corrected chi connectivity index (χ2v) is 6.28. The van der Waals surface area contributed by atoms with E-state index in [1.165, 1.54) is 6.20 Å². The Kier molecular flexibility index (Phi) is 2.84. The fourth-order valence-corrected chi connectivity index (χ4v) is 3.64. The van der Waals surface area contributed by atoms with Crippen molar-refractivity contribution >= 4 is 15.6 Å². The Hall–Kier alpha value is -1.17. The standard InChI is InChI=1S/C10H14N2O3S/c1-2-12-6-9(5-11-12)10(13)8-3-4-16(14,15)7-8/h5-6,8H,2-4,7H2,1H3. The van der Waals surface area contributed by atoms with Crippen LogP contribution in [0.5, 0.6) is 0 Å². The second-order valence-electron chi connectivity index (χ2n) is 4.05. The molecular formula is C10H14N2O3S. The lowest BCUT2D eigenvalue weighted by atomic mass is 10.00.